The summed E-state index contributed by atoms with van der Waals surface area (Å²) < 4.78 is 3.50. The summed E-state index contributed by atoms with van der Waals surface area (Å²) in [6.07, 6.45) is 1.89. The predicted octanol–water partition coefficient (Wildman–Crippen LogP) is 3.90. The number of unbranched alkanes of at least 4 members (excludes halogenated alkanes) is 1. The normalized spacial score (nSPS) is 11.5. The van der Waals surface area contributed by atoms with Gasteiger partial charge in [-0.05, 0) is 24.1 Å². The lowest BCUT2D eigenvalue weighted by Crippen LogP contribution is -2.31. The van der Waals surface area contributed by atoms with Crippen LogP contribution in [0.25, 0.3) is 22.2 Å². The molecule has 0 fully saturated rings. The zero-order valence-corrected chi connectivity index (χ0v) is 19.1. The van der Waals surface area contributed by atoms with Crippen molar-refractivity contribution in [1.82, 2.24) is 29.1 Å². The number of aromatic nitrogens is 6. The van der Waals surface area contributed by atoms with Crippen molar-refractivity contribution in [3.8, 4) is 0 Å². The third-order valence-electron chi connectivity index (χ3n) is 5.59. The zero-order chi connectivity index (χ0) is 22.8. The van der Waals surface area contributed by atoms with Crippen molar-refractivity contribution in [1.29, 1.82) is 0 Å². The van der Waals surface area contributed by atoms with Crippen LogP contribution >= 0.6 is 11.8 Å². The minimum Gasteiger partial charge on any atom is -0.333 e. The Morgan fingerprint density at radius 1 is 0.939 bits per heavy atom. The maximum atomic E-state index is 12.8. The Morgan fingerprint density at radius 2 is 1.73 bits per heavy atom. The van der Waals surface area contributed by atoms with Crippen LogP contribution in [0.3, 0.4) is 0 Å². The third kappa shape index (κ3) is 4.23. The van der Waals surface area contributed by atoms with E-state index in [9.17, 15) is 9.59 Å². The predicted molar refractivity (Wildman–Crippen MR) is 131 cm³/mol. The monoisotopic (exact) mass is 460 g/mol. The van der Waals surface area contributed by atoms with E-state index >= 15 is 0 Å². The first-order chi connectivity index (χ1) is 16.1. The van der Waals surface area contributed by atoms with E-state index in [1.807, 2.05) is 59.2 Å². The molecule has 3 aromatic heterocycles. The van der Waals surface area contributed by atoms with Gasteiger partial charge in [-0.2, -0.15) is 0 Å². The van der Waals surface area contributed by atoms with Gasteiger partial charge in [0.25, 0.3) is 5.56 Å². The van der Waals surface area contributed by atoms with E-state index in [0.717, 1.165) is 40.4 Å². The van der Waals surface area contributed by atoms with Gasteiger partial charge in [0.1, 0.15) is 5.82 Å². The molecule has 2 N–H and O–H groups in total. The van der Waals surface area contributed by atoms with Crippen LogP contribution in [0.15, 0.2) is 69.3 Å². The van der Waals surface area contributed by atoms with Gasteiger partial charge in [0, 0.05) is 6.54 Å². The summed E-state index contributed by atoms with van der Waals surface area (Å²) in [5, 5.41) is 0.792. The molecule has 8 nitrogen and oxygen atoms in total. The number of nitrogens with one attached hydrogen (secondary N) is 2. The highest BCUT2D eigenvalue weighted by molar-refractivity contribution is 7.98. The molecule has 5 rings (SSSR count). The summed E-state index contributed by atoms with van der Waals surface area (Å²) in [4.78, 5) is 40.8. The molecule has 0 bridgehead atoms. The molecule has 0 aliphatic carbocycles. The van der Waals surface area contributed by atoms with Crippen molar-refractivity contribution in [2.24, 2.45) is 0 Å². The number of rotatable bonds is 8. The molecule has 0 atom stereocenters. The second kappa shape index (κ2) is 9.11. The van der Waals surface area contributed by atoms with E-state index in [4.69, 9.17) is 4.98 Å². The maximum Gasteiger partial charge on any atom is 0.330 e. The van der Waals surface area contributed by atoms with Crippen molar-refractivity contribution in [2.45, 2.75) is 43.8 Å². The van der Waals surface area contributed by atoms with Crippen LogP contribution in [-0.2, 0) is 18.8 Å². The van der Waals surface area contributed by atoms with E-state index < -0.39 is 11.2 Å². The summed E-state index contributed by atoms with van der Waals surface area (Å²) in [7, 11) is 0. The number of hydrogen-bond donors (Lipinski definition) is 2. The summed E-state index contributed by atoms with van der Waals surface area (Å²) in [5.41, 5.74) is 2.87. The Balaban J connectivity index is 1.56. The molecular formula is C24H24N6O2S. The Labute approximate surface area is 193 Å². The Bertz CT molecular complexity index is 1500. The molecular weight excluding hydrogens is 436 g/mol. The van der Waals surface area contributed by atoms with E-state index in [1.165, 1.54) is 11.8 Å². The molecule has 33 heavy (non-hydrogen) atoms. The molecule has 3 heterocycles. The number of benzene rings is 2. The topological polar surface area (TPSA) is 101 Å². The summed E-state index contributed by atoms with van der Waals surface area (Å²) in [6, 6.07) is 17.6. The van der Waals surface area contributed by atoms with E-state index in [-0.39, 0.29) is 0 Å². The van der Waals surface area contributed by atoms with Gasteiger partial charge in [0.2, 0.25) is 0 Å². The fraction of sp³-hybridized carbons (Fsp3) is 0.250. The molecule has 0 aliphatic rings. The van der Waals surface area contributed by atoms with Crippen molar-refractivity contribution in [3.63, 3.8) is 0 Å². The maximum absolute atomic E-state index is 12.8. The molecule has 5 aromatic rings. The highest BCUT2D eigenvalue weighted by atomic mass is 32.2. The first-order valence-corrected chi connectivity index (χ1v) is 12.0. The van der Waals surface area contributed by atoms with E-state index in [2.05, 4.69) is 21.9 Å². The van der Waals surface area contributed by atoms with E-state index in [1.54, 1.807) is 4.57 Å². The number of fused-ring (bicyclic) bond motifs is 2. The molecule has 0 amide bonds. The molecule has 9 heteroatoms. The summed E-state index contributed by atoms with van der Waals surface area (Å²) in [5.74, 6) is 1.28. The van der Waals surface area contributed by atoms with Gasteiger partial charge in [-0.25, -0.2) is 14.8 Å². The van der Waals surface area contributed by atoms with Gasteiger partial charge in [-0.1, -0.05) is 67.6 Å². The summed E-state index contributed by atoms with van der Waals surface area (Å²) >= 11 is 1.53. The zero-order valence-electron chi connectivity index (χ0n) is 18.2. The van der Waals surface area contributed by atoms with Crippen LogP contribution in [0.2, 0.25) is 0 Å². The average Bonchev–Trinajstić information content (AvgIpc) is 3.41. The lowest BCUT2D eigenvalue weighted by molar-refractivity contribution is 0.626. The minimum absolute atomic E-state index is 0.341. The largest absolute Gasteiger partial charge is 0.333 e. The first kappa shape index (κ1) is 21.3. The van der Waals surface area contributed by atoms with Crippen molar-refractivity contribution in [3.05, 3.63) is 86.8 Å². The smallest absolute Gasteiger partial charge is 0.330 e. The van der Waals surface area contributed by atoms with Gasteiger partial charge >= 0.3 is 5.69 Å². The molecule has 0 unspecified atom stereocenters. The van der Waals surface area contributed by atoms with Crippen LogP contribution < -0.4 is 11.2 Å². The van der Waals surface area contributed by atoms with Gasteiger partial charge in [0.15, 0.2) is 16.3 Å². The molecule has 2 aromatic carbocycles. The Kier molecular flexibility index (Phi) is 5.87. The van der Waals surface area contributed by atoms with Gasteiger partial charge in [0.05, 0.1) is 23.3 Å². The van der Waals surface area contributed by atoms with Crippen LogP contribution in [-0.4, -0.2) is 29.1 Å². The standard InChI is InChI=1S/C24H24N6O2S/c1-2-3-13-29-19(15-33-23-25-17-11-7-8-12-18(17)26-23)27-21-20(29)22(31)28-24(32)30(21)14-16-9-5-4-6-10-16/h4-12H,2-3,13-15H2,1H3,(H,25,26)(H,28,31,32). The minimum atomic E-state index is -0.451. The number of aryl methyl sites for hydroxylation is 1. The lowest BCUT2D eigenvalue weighted by atomic mass is 10.2. The van der Waals surface area contributed by atoms with E-state index in [0.29, 0.717) is 30.0 Å². The molecule has 0 saturated carbocycles. The number of nitrogens with zero attached hydrogens (tertiary/aromatic N) is 4. The quantitative estimate of drug-likeness (QED) is 0.342. The summed E-state index contributed by atoms with van der Waals surface area (Å²) in [6.45, 7) is 3.11. The molecule has 0 saturated heterocycles. The van der Waals surface area contributed by atoms with Crippen LogP contribution in [0.5, 0.6) is 0 Å². The van der Waals surface area contributed by atoms with Crippen LogP contribution in [0, 0.1) is 0 Å². The number of thioether (sulfide) groups is 1. The first-order valence-electron chi connectivity index (χ1n) is 11.0. The molecule has 0 spiro atoms. The second-order valence-corrected chi connectivity index (χ2v) is 8.85. The highest BCUT2D eigenvalue weighted by Gasteiger charge is 2.19. The Hall–Kier alpha value is -3.59. The number of hydrogen-bond acceptors (Lipinski definition) is 5. The van der Waals surface area contributed by atoms with Crippen molar-refractivity contribution < 1.29 is 0 Å². The van der Waals surface area contributed by atoms with Crippen LogP contribution in [0.4, 0.5) is 0 Å². The van der Waals surface area contributed by atoms with Gasteiger partial charge in [-0.15, -0.1) is 0 Å². The molecule has 0 radical (unpaired) electrons. The van der Waals surface area contributed by atoms with Gasteiger partial charge < -0.3 is 9.55 Å². The fourth-order valence-corrected chi connectivity index (χ4v) is 4.76. The second-order valence-electron chi connectivity index (χ2n) is 7.88. The SMILES string of the molecule is CCCCn1c(CSc2nc3ccccc3[nH]2)nc2c1c(=O)[nH]c(=O)n2Cc1ccccc1. The highest BCUT2D eigenvalue weighted by Crippen LogP contribution is 2.24. The number of aromatic amines is 2. The number of H-pyrrole nitrogens is 2. The average molecular weight is 461 g/mol. The number of para-hydroxylation sites is 2. The number of imidazole rings is 2. The van der Waals surface area contributed by atoms with Crippen LogP contribution in [0.1, 0.15) is 31.2 Å². The fourth-order valence-electron chi connectivity index (χ4n) is 3.93. The third-order valence-corrected chi connectivity index (χ3v) is 6.46. The Morgan fingerprint density at radius 3 is 2.52 bits per heavy atom. The van der Waals surface area contributed by atoms with Crippen molar-refractivity contribution in [2.75, 3.05) is 0 Å². The molecule has 0 aliphatic heterocycles. The van der Waals surface area contributed by atoms with Gasteiger partial charge in [-0.3, -0.25) is 14.3 Å². The molecule has 168 valence electrons. The van der Waals surface area contributed by atoms with Crippen molar-refractivity contribution >= 4 is 34.0 Å². The lowest BCUT2D eigenvalue weighted by Gasteiger charge is -2.08.